The van der Waals surface area contributed by atoms with Gasteiger partial charge in [0.15, 0.2) is 16.1 Å². The van der Waals surface area contributed by atoms with Crippen LogP contribution in [0.1, 0.15) is 0 Å². The number of benzene rings is 13. The van der Waals surface area contributed by atoms with Crippen molar-refractivity contribution >= 4 is 123 Å². The molecule has 0 amide bonds. The van der Waals surface area contributed by atoms with Gasteiger partial charge in [0.1, 0.15) is 0 Å². The summed E-state index contributed by atoms with van der Waals surface area (Å²) in [5.41, 5.74) is 10.5. The molecule has 0 bridgehead atoms. The first kappa shape index (κ1) is 48.6. The Morgan fingerprint density at radius 1 is 0.181 bits per heavy atom. The van der Waals surface area contributed by atoms with Gasteiger partial charge in [-0.2, -0.15) is 0 Å². The molecule has 0 atom stereocenters. The van der Waals surface area contributed by atoms with Gasteiger partial charge in [0.2, 0.25) is 0 Å². The highest BCUT2D eigenvalue weighted by molar-refractivity contribution is 7.20. The van der Waals surface area contributed by atoms with Gasteiger partial charge in [-0.25, -0.2) is 0 Å². The van der Waals surface area contributed by atoms with Crippen molar-refractivity contribution in [3.05, 3.63) is 334 Å². The molecule has 0 fully saturated rings. The van der Waals surface area contributed by atoms with Gasteiger partial charge in [-0.15, -0.1) is 0 Å². The summed E-state index contributed by atoms with van der Waals surface area (Å²) in [6.45, 7) is 0. The van der Waals surface area contributed by atoms with Crippen molar-refractivity contribution in [1.82, 2.24) is 13.7 Å². The molecule has 16 rings (SSSR count). The summed E-state index contributed by atoms with van der Waals surface area (Å²) in [6.07, 6.45) is 0. The largest absolute Gasteiger partial charge is 0.309 e. The molecule has 0 aliphatic rings. The molecule has 0 saturated heterocycles. The molecule has 0 aliphatic carbocycles. The average molecular weight is 1090 g/mol. The molecule has 83 heavy (non-hydrogen) atoms. The molecule has 3 heterocycles. The van der Waals surface area contributed by atoms with Gasteiger partial charge in [0.05, 0.1) is 33.1 Å². The summed E-state index contributed by atoms with van der Waals surface area (Å²) in [6, 6.07) is 126. The summed E-state index contributed by atoms with van der Waals surface area (Å²) in [5.74, 6) is 0. The Kier molecular flexibility index (Phi) is 11.6. The fourth-order valence-corrected chi connectivity index (χ4v) is 23.9. The third-order valence-electron chi connectivity index (χ3n) is 17.7. The van der Waals surface area contributed by atoms with Crippen molar-refractivity contribution in [3.63, 3.8) is 0 Å². The van der Waals surface area contributed by atoms with Crippen molar-refractivity contribution in [1.29, 1.82) is 0 Å². The maximum atomic E-state index is 2.62. The molecule has 0 aliphatic heterocycles. The molecule has 0 radical (unpaired) electrons. The van der Waals surface area contributed by atoms with Crippen LogP contribution in [0.3, 0.4) is 0 Å². The fourth-order valence-electron chi connectivity index (χ4n) is 14.3. The van der Waals surface area contributed by atoms with E-state index in [1.54, 1.807) is 0 Å². The lowest BCUT2D eigenvalue weighted by Gasteiger charge is -2.35. The van der Waals surface area contributed by atoms with Crippen molar-refractivity contribution in [2.75, 3.05) is 0 Å². The van der Waals surface area contributed by atoms with Crippen LogP contribution in [-0.4, -0.2) is 29.8 Å². The number of aromatic nitrogens is 3. The molecule has 3 aromatic heterocycles. The van der Waals surface area contributed by atoms with E-state index < -0.39 is 16.1 Å². The zero-order chi connectivity index (χ0) is 54.9. The van der Waals surface area contributed by atoms with E-state index in [1.165, 1.54) is 95.9 Å². The summed E-state index contributed by atoms with van der Waals surface area (Å²) in [7, 11) is -6.10. The summed E-state index contributed by atoms with van der Waals surface area (Å²) in [5, 5.41) is 18.1. The Balaban J connectivity index is 1.04. The van der Waals surface area contributed by atoms with E-state index in [2.05, 4.69) is 347 Å². The standard InChI is InChI=1S/C78H55N3Si2/c1-8-27-56(28-9-1)79-72-45-24-23-44-68(72)70-54-65(47-50-74(70)79)83(62-38-18-6-19-39-62,63-40-20-7-21-41-63)66-48-51-75-71(55-66)77-76(52-49-69-67-43-22-25-46-73(67)81(78(69)77)57-29-10-2-11-30-57)80(75)58-31-26-42-64(53-58)82(59-32-12-3-13-33-59,60-34-14-4-15-35-60)61-36-16-5-17-37-61/h1-55H. The van der Waals surface area contributed by atoms with Crippen LogP contribution in [0.25, 0.3) is 82.5 Å². The highest BCUT2D eigenvalue weighted by atomic mass is 28.3. The predicted octanol–water partition coefficient (Wildman–Crippen LogP) is 13.7. The second-order valence-electron chi connectivity index (χ2n) is 21.9. The minimum absolute atomic E-state index is 1.13. The third kappa shape index (κ3) is 7.42. The number of rotatable bonds is 11. The summed E-state index contributed by atoms with van der Waals surface area (Å²) >= 11 is 0. The van der Waals surface area contributed by atoms with Gasteiger partial charge in [0, 0.05) is 49.4 Å². The average Bonchev–Trinajstić information content (AvgIpc) is 3.63. The first-order chi connectivity index (χ1) is 41.2. The van der Waals surface area contributed by atoms with E-state index >= 15 is 0 Å². The van der Waals surface area contributed by atoms with Crippen LogP contribution in [-0.2, 0) is 0 Å². The van der Waals surface area contributed by atoms with Crippen molar-refractivity contribution in [2.45, 2.75) is 0 Å². The Bertz CT molecular complexity index is 4920. The van der Waals surface area contributed by atoms with E-state index in [1.807, 2.05) is 0 Å². The smallest absolute Gasteiger partial charge is 0.179 e. The Labute approximate surface area is 484 Å². The monoisotopic (exact) mass is 1090 g/mol. The predicted molar refractivity (Wildman–Crippen MR) is 357 cm³/mol. The molecule has 0 unspecified atom stereocenters. The normalized spacial score (nSPS) is 12.1. The molecule has 390 valence electrons. The third-order valence-corrected chi connectivity index (χ3v) is 27.2. The summed E-state index contributed by atoms with van der Waals surface area (Å²) in [4.78, 5) is 0. The Hall–Kier alpha value is -10.3. The quantitative estimate of drug-likeness (QED) is 0.0906. The number of para-hydroxylation sites is 4. The second-order valence-corrected chi connectivity index (χ2v) is 29.5. The highest BCUT2D eigenvalue weighted by Crippen LogP contribution is 2.42. The number of nitrogens with zero attached hydrogens (tertiary/aromatic N) is 3. The van der Waals surface area contributed by atoms with Gasteiger partial charge in [-0.3, -0.25) is 0 Å². The Morgan fingerprint density at radius 2 is 0.506 bits per heavy atom. The van der Waals surface area contributed by atoms with Crippen molar-refractivity contribution in [2.24, 2.45) is 0 Å². The highest BCUT2D eigenvalue weighted by Gasteiger charge is 2.44. The zero-order valence-electron chi connectivity index (χ0n) is 45.6. The van der Waals surface area contributed by atoms with Gasteiger partial charge in [-0.05, 0) is 108 Å². The Morgan fingerprint density at radius 3 is 1.01 bits per heavy atom. The van der Waals surface area contributed by atoms with Crippen molar-refractivity contribution in [3.8, 4) is 17.1 Å². The van der Waals surface area contributed by atoms with E-state index in [0.717, 1.165) is 28.1 Å². The molecule has 0 spiro atoms. The van der Waals surface area contributed by atoms with Gasteiger partial charge >= 0.3 is 0 Å². The SMILES string of the molecule is c1ccc(-n2c3ccccc3c3cc([Si](c4ccccc4)(c4ccccc4)c4ccc5c(c4)c4c(ccc6c7ccccc7n(-c7ccccc7)c64)n5-c4cccc([Si](c5ccccc5)(c5ccccc5)c5ccccc5)c4)ccc32)cc1. The second kappa shape index (κ2) is 19.7. The van der Waals surface area contributed by atoms with Crippen molar-refractivity contribution < 1.29 is 0 Å². The molecular weight excluding hydrogens is 1040 g/mol. The van der Waals surface area contributed by atoms with Crippen LogP contribution in [0.4, 0.5) is 0 Å². The van der Waals surface area contributed by atoms with E-state index in [9.17, 15) is 0 Å². The maximum absolute atomic E-state index is 3.19. The summed E-state index contributed by atoms with van der Waals surface area (Å²) < 4.78 is 7.53. The maximum Gasteiger partial charge on any atom is 0.179 e. The molecule has 0 saturated carbocycles. The lowest BCUT2D eigenvalue weighted by atomic mass is 10.1. The van der Waals surface area contributed by atoms with E-state index in [4.69, 9.17) is 0 Å². The molecule has 3 nitrogen and oxygen atoms in total. The van der Waals surface area contributed by atoms with Crippen LogP contribution in [0.15, 0.2) is 334 Å². The van der Waals surface area contributed by atoms with Crippen LogP contribution < -0.4 is 41.5 Å². The molecule has 13 aromatic carbocycles. The minimum atomic E-state index is -3.19. The van der Waals surface area contributed by atoms with Crippen LogP contribution in [0, 0.1) is 0 Å². The van der Waals surface area contributed by atoms with Gasteiger partial charge in [0.25, 0.3) is 0 Å². The fraction of sp³-hybridized carbons (Fsp3) is 0. The first-order valence-electron chi connectivity index (χ1n) is 28.8. The lowest BCUT2D eigenvalue weighted by molar-refractivity contribution is 1.18. The molecule has 5 heteroatoms. The van der Waals surface area contributed by atoms with Crippen LogP contribution in [0.2, 0.25) is 0 Å². The minimum Gasteiger partial charge on any atom is -0.309 e. The van der Waals surface area contributed by atoms with Crippen LogP contribution >= 0.6 is 0 Å². The lowest BCUT2D eigenvalue weighted by Crippen LogP contribution is -2.74. The molecule has 16 aromatic rings. The number of hydrogen-bond acceptors (Lipinski definition) is 0. The first-order valence-corrected chi connectivity index (χ1v) is 32.8. The topological polar surface area (TPSA) is 14.8 Å². The molecular formula is C78H55N3Si2. The zero-order valence-corrected chi connectivity index (χ0v) is 47.6. The van der Waals surface area contributed by atoms with E-state index in [0.29, 0.717) is 0 Å². The van der Waals surface area contributed by atoms with Crippen LogP contribution in [0.5, 0.6) is 0 Å². The van der Waals surface area contributed by atoms with E-state index in [-0.39, 0.29) is 0 Å². The number of hydrogen-bond donors (Lipinski definition) is 0. The van der Waals surface area contributed by atoms with Gasteiger partial charge < -0.3 is 13.7 Å². The van der Waals surface area contributed by atoms with Gasteiger partial charge in [-0.1, -0.05) is 267 Å². The molecule has 0 N–H and O–H groups in total. The number of fused-ring (bicyclic) bond motifs is 10.